The van der Waals surface area contributed by atoms with E-state index < -0.39 is 0 Å². The molecule has 102 valence electrons. The Morgan fingerprint density at radius 1 is 1.32 bits per heavy atom. The Labute approximate surface area is 123 Å². The van der Waals surface area contributed by atoms with Crippen molar-refractivity contribution in [3.63, 3.8) is 0 Å². The first-order valence-corrected chi connectivity index (χ1v) is 7.87. The van der Waals surface area contributed by atoms with Crippen molar-refractivity contribution in [2.24, 2.45) is 0 Å². The number of thiazole rings is 1. The Bertz CT molecular complexity index is 507. The number of nitrogens with one attached hydrogen (secondary N) is 1. The van der Waals surface area contributed by atoms with Gasteiger partial charge >= 0.3 is 0 Å². The molecule has 0 amide bonds. The van der Waals surface area contributed by atoms with Gasteiger partial charge in [-0.1, -0.05) is 30.7 Å². The van der Waals surface area contributed by atoms with E-state index in [1.54, 1.807) is 11.3 Å². The molecule has 0 aliphatic heterocycles. The normalized spacial score (nSPS) is 12.6. The second kappa shape index (κ2) is 7.04. The van der Waals surface area contributed by atoms with Gasteiger partial charge in [-0.25, -0.2) is 4.98 Å². The Balaban J connectivity index is 1.98. The van der Waals surface area contributed by atoms with E-state index in [0.717, 1.165) is 35.1 Å². The maximum atomic E-state index is 5.89. The first kappa shape index (κ1) is 14.5. The van der Waals surface area contributed by atoms with Crippen molar-refractivity contribution < 1.29 is 0 Å². The number of halogens is 1. The zero-order valence-electron chi connectivity index (χ0n) is 11.3. The molecule has 1 aromatic heterocycles. The van der Waals surface area contributed by atoms with Gasteiger partial charge in [0.2, 0.25) is 0 Å². The van der Waals surface area contributed by atoms with Gasteiger partial charge in [0.1, 0.15) is 0 Å². The second-order valence-electron chi connectivity index (χ2n) is 4.65. The van der Waals surface area contributed by atoms with Crippen molar-refractivity contribution in [2.75, 3.05) is 6.54 Å². The van der Waals surface area contributed by atoms with Crippen molar-refractivity contribution in [1.82, 2.24) is 10.3 Å². The van der Waals surface area contributed by atoms with Gasteiger partial charge < -0.3 is 5.32 Å². The van der Waals surface area contributed by atoms with Gasteiger partial charge in [0, 0.05) is 22.9 Å². The van der Waals surface area contributed by atoms with Crippen LogP contribution in [0.3, 0.4) is 0 Å². The molecule has 0 aliphatic carbocycles. The van der Waals surface area contributed by atoms with Crippen molar-refractivity contribution in [1.29, 1.82) is 0 Å². The number of hydrogen-bond donors (Lipinski definition) is 1. The molecule has 0 saturated carbocycles. The Hall–Kier alpha value is -0.900. The van der Waals surface area contributed by atoms with E-state index >= 15 is 0 Å². The Morgan fingerprint density at radius 3 is 2.74 bits per heavy atom. The fraction of sp³-hybridized carbons (Fsp3) is 0.400. The average molecular weight is 295 g/mol. The van der Waals surface area contributed by atoms with Gasteiger partial charge in [0.25, 0.3) is 0 Å². The number of rotatable bonds is 6. The van der Waals surface area contributed by atoms with Crippen LogP contribution < -0.4 is 5.32 Å². The van der Waals surface area contributed by atoms with Gasteiger partial charge in [0.15, 0.2) is 0 Å². The van der Waals surface area contributed by atoms with Gasteiger partial charge in [0.05, 0.1) is 10.7 Å². The molecule has 0 bridgehead atoms. The molecule has 0 aliphatic rings. The van der Waals surface area contributed by atoms with E-state index in [1.165, 1.54) is 5.56 Å². The summed E-state index contributed by atoms with van der Waals surface area (Å²) in [5.74, 6) is 0. The highest BCUT2D eigenvalue weighted by Crippen LogP contribution is 2.20. The summed E-state index contributed by atoms with van der Waals surface area (Å²) in [6, 6.07) is 8.30. The van der Waals surface area contributed by atoms with Crippen LogP contribution in [0.2, 0.25) is 5.02 Å². The average Bonchev–Trinajstić information content (AvgIpc) is 2.87. The molecule has 1 heterocycles. The lowest BCUT2D eigenvalue weighted by molar-refractivity contribution is 0.560. The molecule has 2 nitrogen and oxygen atoms in total. The summed E-state index contributed by atoms with van der Waals surface area (Å²) >= 11 is 7.61. The first-order chi connectivity index (χ1) is 9.19. The molecule has 2 aromatic rings. The van der Waals surface area contributed by atoms with Crippen molar-refractivity contribution in [3.8, 4) is 0 Å². The minimum atomic E-state index is 0.329. The third kappa shape index (κ3) is 4.30. The van der Waals surface area contributed by atoms with Crippen LogP contribution in [0.15, 0.2) is 29.6 Å². The summed E-state index contributed by atoms with van der Waals surface area (Å²) in [5.41, 5.74) is 2.39. The number of benzene rings is 1. The van der Waals surface area contributed by atoms with E-state index in [4.69, 9.17) is 16.6 Å². The predicted octanol–water partition coefficient (Wildman–Crippen LogP) is 4.45. The van der Waals surface area contributed by atoms with Crippen molar-refractivity contribution in [2.45, 2.75) is 32.7 Å². The standard InChI is InChI=1S/C15H19ClN2S/c1-3-8-17-11(2)14-10-19-15(18-14)9-12-4-6-13(16)7-5-12/h4-7,10-11,17H,3,8-9H2,1-2H3. The topological polar surface area (TPSA) is 24.9 Å². The molecule has 1 atom stereocenters. The minimum Gasteiger partial charge on any atom is -0.309 e. The summed E-state index contributed by atoms with van der Waals surface area (Å²) in [4.78, 5) is 4.70. The van der Waals surface area contributed by atoms with Crippen LogP contribution in [0.5, 0.6) is 0 Å². The SMILES string of the molecule is CCCNC(C)c1csc(Cc2ccc(Cl)cc2)n1. The molecular formula is C15H19ClN2S. The zero-order valence-corrected chi connectivity index (χ0v) is 12.9. The van der Waals surface area contributed by atoms with Crippen LogP contribution in [0.4, 0.5) is 0 Å². The highest BCUT2D eigenvalue weighted by Gasteiger charge is 2.09. The smallest absolute Gasteiger partial charge is 0.0972 e. The highest BCUT2D eigenvalue weighted by atomic mass is 35.5. The summed E-state index contributed by atoms with van der Waals surface area (Å²) in [5, 5.41) is 7.55. The van der Waals surface area contributed by atoms with Gasteiger partial charge in [-0.15, -0.1) is 11.3 Å². The molecule has 0 radical (unpaired) electrons. The lowest BCUT2D eigenvalue weighted by Gasteiger charge is -2.09. The third-order valence-corrected chi connectivity index (χ3v) is 4.10. The molecule has 1 N–H and O–H groups in total. The van der Waals surface area contributed by atoms with E-state index in [2.05, 4.69) is 36.7 Å². The minimum absolute atomic E-state index is 0.329. The van der Waals surface area contributed by atoms with Crippen LogP contribution in [-0.2, 0) is 6.42 Å². The molecule has 4 heteroatoms. The molecule has 19 heavy (non-hydrogen) atoms. The molecule has 0 spiro atoms. The lowest BCUT2D eigenvalue weighted by atomic mass is 10.2. The molecule has 0 saturated heterocycles. The van der Waals surface area contributed by atoms with Crippen LogP contribution in [0.1, 0.15) is 42.6 Å². The second-order valence-corrected chi connectivity index (χ2v) is 6.02. The maximum absolute atomic E-state index is 5.89. The van der Waals surface area contributed by atoms with Gasteiger partial charge in [-0.3, -0.25) is 0 Å². The fourth-order valence-corrected chi connectivity index (χ4v) is 2.90. The fourth-order valence-electron chi connectivity index (χ4n) is 1.85. The maximum Gasteiger partial charge on any atom is 0.0972 e. The predicted molar refractivity (Wildman–Crippen MR) is 83.1 cm³/mol. The number of nitrogens with zero attached hydrogens (tertiary/aromatic N) is 1. The molecule has 1 aromatic carbocycles. The van der Waals surface area contributed by atoms with Crippen LogP contribution >= 0.6 is 22.9 Å². The zero-order chi connectivity index (χ0) is 13.7. The van der Waals surface area contributed by atoms with Crippen LogP contribution in [-0.4, -0.2) is 11.5 Å². The van der Waals surface area contributed by atoms with E-state index in [-0.39, 0.29) is 0 Å². The van der Waals surface area contributed by atoms with Crippen LogP contribution in [0, 0.1) is 0 Å². The molecular weight excluding hydrogens is 276 g/mol. The van der Waals surface area contributed by atoms with E-state index in [0.29, 0.717) is 6.04 Å². The Kier molecular flexibility index (Phi) is 5.37. The van der Waals surface area contributed by atoms with Crippen LogP contribution in [0.25, 0.3) is 0 Å². The first-order valence-electron chi connectivity index (χ1n) is 6.61. The molecule has 1 unspecified atom stereocenters. The Morgan fingerprint density at radius 2 is 2.05 bits per heavy atom. The quantitative estimate of drug-likeness (QED) is 0.851. The molecule has 0 fully saturated rings. The van der Waals surface area contributed by atoms with Gasteiger partial charge in [-0.2, -0.15) is 0 Å². The summed E-state index contributed by atoms with van der Waals surface area (Å²) in [7, 11) is 0. The summed E-state index contributed by atoms with van der Waals surface area (Å²) in [6.45, 7) is 5.37. The summed E-state index contributed by atoms with van der Waals surface area (Å²) in [6.07, 6.45) is 2.02. The number of hydrogen-bond acceptors (Lipinski definition) is 3. The summed E-state index contributed by atoms with van der Waals surface area (Å²) < 4.78 is 0. The van der Waals surface area contributed by atoms with E-state index in [1.807, 2.05) is 12.1 Å². The van der Waals surface area contributed by atoms with Crippen molar-refractivity contribution >= 4 is 22.9 Å². The highest BCUT2D eigenvalue weighted by molar-refractivity contribution is 7.09. The van der Waals surface area contributed by atoms with Gasteiger partial charge in [-0.05, 0) is 37.6 Å². The van der Waals surface area contributed by atoms with E-state index in [9.17, 15) is 0 Å². The molecule has 2 rings (SSSR count). The van der Waals surface area contributed by atoms with Crippen molar-refractivity contribution in [3.05, 3.63) is 50.9 Å². The lowest BCUT2D eigenvalue weighted by Crippen LogP contribution is -2.19. The largest absolute Gasteiger partial charge is 0.309 e. The monoisotopic (exact) mass is 294 g/mol. The third-order valence-electron chi connectivity index (χ3n) is 2.98. The number of aromatic nitrogens is 1.